The number of rotatable bonds is 14. The van der Waals surface area contributed by atoms with Gasteiger partial charge >= 0.3 is 11.9 Å². The quantitative estimate of drug-likeness (QED) is 0.217. The lowest BCUT2D eigenvalue weighted by atomic mass is 9.72. The number of hydrogen-bond donors (Lipinski definition) is 0. The van der Waals surface area contributed by atoms with Crippen LogP contribution in [-0.4, -0.2) is 76.0 Å². The SMILES string of the molecule is COCCOC(=O)C1CCC(CCC2OC2(C)CCC2OC2(C)C)CC1C(=O)OCCOC. The summed E-state index contributed by atoms with van der Waals surface area (Å²) in [5, 5.41) is 0. The van der Waals surface area contributed by atoms with Crippen LogP contribution < -0.4 is 0 Å². The maximum absolute atomic E-state index is 12.8. The van der Waals surface area contributed by atoms with Gasteiger partial charge in [0.1, 0.15) is 13.2 Å². The van der Waals surface area contributed by atoms with E-state index in [2.05, 4.69) is 20.8 Å². The van der Waals surface area contributed by atoms with Gasteiger partial charge in [-0.2, -0.15) is 0 Å². The number of ether oxygens (including phenoxy) is 6. The van der Waals surface area contributed by atoms with Crippen LogP contribution in [0.5, 0.6) is 0 Å². The third kappa shape index (κ3) is 7.38. The van der Waals surface area contributed by atoms with Crippen LogP contribution in [0.15, 0.2) is 0 Å². The van der Waals surface area contributed by atoms with Crippen LogP contribution in [0.3, 0.4) is 0 Å². The van der Waals surface area contributed by atoms with Gasteiger partial charge in [-0.25, -0.2) is 0 Å². The lowest BCUT2D eigenvalue weighted by Crippen LogP contribution is -2.38. The highest BCUT2D eigenvalue weighted by Crippen LogP contribution is 2.48. The molecule has 1 aliphatic carbocycles. The van der Waals surface area contributed by atoms with E-state index in [1.54, 1.807) is 14.2 Å². The zero-order valence-electron chi connectivity index (χ0n) is 20.9. The highest BCUT2D eigenvalue weighted by molar-refractivity contribution is 5.82. The number of methoxy groups -OCH3 is 2. The molecule has 1 saturated carbocycles. The summed E-state index contributed by atoms with van der Waals surface area (Å²) in [4.78, 5) is 25.4. The molecule has 3 fully saturated rings. The van der Waals surface area contributed by atoms with E-state index >= 15 is 0 Å². The highest BCUT2D eigenvalue weighted by atomic mass is 16.6. The molecule has 33 heavy (non-hydrogen) atoms. The van der Waals surface area contributed by atoms with Crippen LogP contribution in [0.25, 0.3) is 0 Å². The molecule has 3 rings (SSSR count). The van der Waals surface area contributed by atoms with Crippen molar-refractivity contribution in [3.05, 3.63) is 0 Å². The summed E-state index contributed by atoms with van der Waals surface area (Å²) in [5.74, 6) is -1.23. The molecule has 6 unspecified atom stereocenters. The predicted molar refractivity (Wildman–Crippen MR) is 121 cm³/mol. The van der Waals surface area contributed by atoms with Gasteiger partial charge in [-0.05, 0) is 71.6 Å². The molecule has 8 heteroatoms. The molecule has 0 radical (unpaired) electrons. The van der Waals surface area contributed by atoms with Crippen molar-refractivity contribution >= 4 is 11.9 Å². The minimum atomic E-state index is -0.476. The standard InChI is InChI=1S/C25H42O8/c1-24(2)20(32-24)10-11-25(3)21(33-25)9-7-17-6-8-18(22(26)30-14-12-28-4)19(16-17)23(27)31-15-13-29-5/h17-21H,6-16H2,1-5H3. The first-order chi connectivity index (χ1) is 15.7. The van der Waals surface area contributed by atoms with Crippen LogP contribution in [0.2, 0.25) is 0 Å². The Kier molecular flexibility index (Phi) is 9.17. The minimum Gasteiger partial charge on any atom is -0.463 e. The third-order valence-corrected chi connectivity index (χ3v) is 7.57. The van der Waals surface area contributed by atoms with E-state index in [4.69, 9.17) is 28.4 Å². The minimum absolute atomic E-state index is 0.0248. The Hall–Kier alpha value is -1.22. The van der Waals surface area contributed by atoms with E-state index in [9.17, 15) is 9.59 Å². The van der Waals surface area contributed by atoms with Crippen molar-refractivity contribution in [1.29, 1.82) is 0 Å². The van der Waals surface area contributed by atoms with Gasteiger partial charge in [0, 0.05) is 14.2 Å². The molecule has 2 aliphatic heterocycles. The van der Waals surface area contributed by atoms with Crippen molar-refractivity contribution in [2.45, 2.75) is 89.1 Å². The Bertz CT molecular complexity index is 665. The van der Waals surface area contributed by atoms with Crippen molar-refractivity contribution in [1.82, 2.24) is 0 Å². The van der Waals surface area contributed by atoms with Crippen molar-refractivity contribution in [3.8, 4) is 0 Å². The summed E-state index contributed by atoms with van der Waals surface area (Å²) < 4.78 is 32.4. The summed E-state index contributed by atoms with van der Waals surface area (Å²) in [6.07, 6.45) is 6.81. The van der Waals surface area contributed by atoms with Crippen LogP contribution >= 0.6 is 0 Å². The molecule has 0 aromatic carbocycles. The number of carbonyl (C=O) groups is 2. The lowest BCUT2D eigenvalue weighted by molar-refractivity contribution is -0.165. The van der Waals surface area contributed by atoms with E-state index in [0.717, 1.165) is 32.1 Å². The summed E-state index contributed by atoms with van der Waals surface area (Å²) in [6.45, 7) is 7.52. The fraction of sp³-hybridized carbons (Fsp3) is 0.920. The predicted octanol–water partition coefficient (Wildman–Crippen LogP) is 3.29. The average Bonchev–Trinajstić information content (AvgIpc) is 3.64. The van der Waals surface area contributed by atoms with Crippen molar-refractivity contribution in [2.24, 2.45) is 17.8 Å². The first-order valence-corrected chi connectivity index (χ1v) is 12.4. The van der Waals surface area contributed by atoms with Crippen LogP contribution in [0.1, 0.15) is 65.7 Å². The van der Waals surface area contributed by atoms with Gasteiger partial charge in [0.25, 0.3) is 0 Å². The molecule has 0 amide bonds. The Labute approximate surface area is 197 Å². The van der Waals surface area contributed by atoms with Gasteiger partial charge in [-0.15, -0.1) is 0 Å². The molecule has 0 aromatic heterocycles. The molecule has 2 heterocycles. The largest absolute Gasteiger partial charge is 0.463 e. The summed E-state index contributed by atoms with van der Waals surface area (Å²) >= 11 is 0. The number of esters is 2. The molecule has 0 spiro atoms. The smallest absolute Gasteiger partial charge is 0.309 e. The average molecular weight is 471 g/mol. The molecular formula is C25H42O8. The third-order valence-electron chi connectivity index (χ3n) is 7.57. The van der Waals surface area contributed by atoms with Crippen LogP contribution in [0.4, 0.5) is 0 Å². The van der Waals surface area contributed by atoms with E-state index in [0.29, 0.717) is 38.1 Å². The molecule has 0 N–H and O–H groups in total. The second kappa shape index (κ2) is 11.5. The highest BCUT2D eigenvalue weighted by Gasteiger charge is 2.55. The lowest BCUT2D eigenvalue weighted by Gasteiger charge is -2.33. The fourth-order valence-electron chi connectivity index (χ4n) is 5.15. The molecule has 6 atom stereocenters. The topological polar surface area (TPSA) is 96.1 Å². The van der Waals surface area contributed by atoms with E-state index in [1.807, 2.05) is 0 Å². The first-order valence-electron chi connectivity index (χ1n) is 12.4. The number of epoxide rings is 2. The fourth-order valence-corrected chi connectivity index (χ4v) is 5.15. The second-order valence-electron chi connectivity index (χ2n) is 10.5. The van der Waals surface area contributed by atoms with Gasteiger partial charge in [0.15, 0.2) is 0 Å². The molecule has 0 aromatic rings. The van der Waals surface area contributed by atoms with Crippen LogP contribution in [-0.2, 0) is 38.0 Å². The number of carbonyl (C=O) groups excluding carboxylic acids is 2. The van der Waals surface area contributed by atoms with Crippen LogP contribution in [0, 0.1) is 17.8 Å². The van der Waals surface area contributed by atoms with E-state index < -0.39 is 11.8 Å². The van der Waals surface area contributed by atoms with Gasteiger partial charge in [-0.1, -0.05) is 0 Å². The molecule has 2 saturated heterocycles. The Morgan fingerprint density at radius 3 is 1.97 bits per heavy atom. The number of hydrogen-bond acceptors (Lipinski definition) is 8. The van der Waals surface area contributed by atoms with Gasteiger partial charge in [-0.3, -0.25) is 9.59 Å². The van der Waals surface area contributed by atoms with Crippen molar-refractivity contribution in [2.75, 3.05) is 40.6 Å². The van der Waals surface area contributed by atoms with Gasteiger partial charge in [0.05, 0.1) is 48.5 Å². The monoisotopic (exact) mass is 470 g/mol. The first kappa shape index (κ1) is 26.4. The Morgan fingerprint density at radius 2 is 1.39 bits per heavy atom. The van der Waals surface area contributed by atoms with Crippen molar-refractivity contribution in [3.63, 3.8) is 0 Å². The molecule has 190 valence electrons. The molecule has 0 bridgehead atoms. The second-order valence-corrected chi connectivity index (χ2v) is 10.5. The maximum atomic E-state index is 12.8. The summed E-state index contributed by atoms with van der Waals surface area (Å²) in [6, 6.07) is 0. The maximum Gasteiger partial charge on any atom is 0.309 e. The zero-order chi connectivity index (χ0) is 24.1. The van der Waals surface area contributed by atoms with Gasteiger partial charge < -0.3 is 28.4 Å². The molecular weight excluding hydrogens is 428 g/mol. The van der Waals surface area contributed by atoms with Crippen molar-refractivity contribution < 1.29 is 38.0 Å². The van der Waals surface area contributed by atoms with Gasteiger partial charge in [0.2, 0.25) is 0 Å². The summed E-state index contributed by atoms with van der Waals surface area (Å²) in [5.41, 5.74) is -0.0279. The molecule has 8 nitrogen and oxygen atoms in total. The Morgan fingerprint density at radius 1 is 0.788 bits per heavy atom. The van der Waals surface area contributed by atoms with E-state index in [-0.39, 0.29) is 42.5 Å². The Balaban J connectivity index is 1.46. The van der Waals surface area contributed by atoms with E-state index in [1.165, 1.54) is 0 Å². The molecule has 3 aliphatic rings. The summed E-state index contributed by atoms with van der Waals surface area (Å²) in [7, 11) is 3.12. The zero-order valence-corrected chi connectivity index (χ0v) is 20.9. The normalized spacial score (nSPS) is 34.5.